The Kier molecular flexibility index (Phi) is 5.52. The largest absolute Gasteiger partial charge is 0.469 e. The number of nitrogens with zero attached hydrogens (tertiary/aromatic N) is 3. The number of aromatic nitrogens is 2. The zero-order valence-corrected chi connectivity index (χ0v) is 14.9. The van der Waals surface area contributed by atoms with E-state index in [0.29, 0.717) is 49.0 Å². The topological polar surface area (TPSA) is 88.9 Å². The Balaban J connectivity index is 2.03. The fraction of sp³-hybridized carbons (Fsp3) is 0.389. The molecule has 1 aliphatic rings. The molecule has 0 atom stereocenters. The van der Waals surface area contributed by atoms with Crippen molar-refractivity contribution in [2.24, 2.45) is 5.10 Å². The van der Waals surface area contributed by atoms with E-state index in [9.17, 15) is 9.59 Å². The molecule has 8 nitrogen and oxygen atoms in total. The second-order valence-corrected chi connectivity index (χ2v) is 5.95. The van der Waals surface area contributed by atoms with Crippen molar-refractivity contribution >= 4 is 11.7 Å². The molecule has 138 valence electrons. The smallest absolute Gasteiger partial charge is 0.311 e. The van der Waals surface area contributed by atoms with E-state index >= 15 is 0 Å². The molecule has 8 heteroatoms. The number of hydrazone groups is 1. The standard InChI is InChI=1S/C18H22N4O4/c1-13(19-21-8-10-26-11-9-21)17-15(12-16(23)25-2)20-22(18(17)24)14-6-4-3-5-7-14/h3-7,20H,8-12H2,1-2H3/b19-13+. The van der Waals surface area contributed by atoms with Gasteiger partial charge in [0.05, 0.1) is 62.5 Å². The van der Waals surface area contributed by atoms with E-state index in [4.69, 9.17) is 9.47 Å². The van der Waals surface area contributed by atoms with Gasteiger partial charge >= 0.3 is 5.97 Å². The van der Waals surface area contributed by atoms with E-state index in [2.05, 4.69) is 10.2 Å². The molecular weight excluding hydrogens is 336 g/mol. The molecule has 2 heterocycles. The number of ether oxygens (including phenoxy) is 2. The van der Waals surface area contributed by atoms with Gasteiger partial charge in [-0.2, -0.15) is 5.10 Å². The Bertz CT molecular complexity index is 848. The number of rotatable bonds is 5. The molecule has 0 saturated carbocycles. The van der Waals surface area contributed by atoms with Crippen molar-refractivity contribution in [1.82, 2.24) is 14.8 Å². The van der Waals surface area contributed by atoms with Crippen LogP contribution in [0.25, 0.3) is 5.69 Å². The van der Waals surface area contributed by atoms with Crippen molar-refractivity contribution in [3.05, 3.63) is 51.9 Å². The zero-order chi connectivity index (χ0) is 18.5. The molecule has 0 radical (unpaired) electrons. The van der Waals surface area contributed by atoms with Crippen molar-refractivity contribution in [2.75, 3.05) is 33.4 Å². The monoisotopic (exact) mass is 358 g/mol. The summed E-state index contributed by atoms with van der Waals surface area (Å²) in [5.74, 6) is -0.424. The van der Waals surface area contributed by atoms with Gasteiger partial charge < -0.3 is 9.47 Å². The summed E-state index contributed by atoms with van der Waals surface area (Å²) < 4.78 is 11.5. The highest BCUT2D eigenvalue weighted by molar-refractivity contribution is 6.00. The molecule has 1 saturated heterocycles. The lowest BCUT2D eigenvalue weighted by molar-refractivity contribution is -0.139. The van der Waals surface area contributed by atoms with E-state index in [-0.39, 0.29) is 12.0 Å². The molecule has 1 aromatic carbocycles. The maximum atomic E-state index is 13.0. The highest BCUT2D eigenvalue weighted by atomic mass is 16.5. The van der Waals surface area contributed by atoms with Crippen LogP contribution in [0.15, 0.2) is 40.2 Å². The fourth-order valence-electron chi connectivity index (χ4n) is 2.87. The van der Waals surface area contributed by atoms with Crippen LogP contribution in [-0.2, 0) is 20.7 Å². The first kappa shape index (κ1) is 17.9. The first-order valence-electron chi connectivity index (χ1n) is 8.44. The van der Waals surface area contributed by atoms with Crippen molar-refractivity contribution in [3.8, 4) is 5.69 Å². The number of para-hydroxylation sites is 1. The van der Waals surface area contributed by atoms with Gasteiger partial charge in [-0.05, 0) is 19.1 Å². The second-order valence-electron chi connectivity index (χ2n) is 5.95. The first-order chi connectivity index (χ1) is 12.6. The van der Waals surface area contributed by atoms with Crippen LogP contribution in [0.2, 0.25) is 0 Å². The summed E-state index contributed by atoms with van der Waals surface area (Å²) in [5.41, 5.74) is 1.88. The Morgan fingerprint density at radius 2 is 1.96 bits per heavy atom. The normalized spacial score (nSPS) is 15.2. The molecule has 0 unspecified atom stereocenters. The average Bonchev–Trinajstić information content (AvgIpc) is 2.99. The third kappa shape index (κ3) is 3.85. The molecule has 1 aromatic heterocycles. The van der Waals surface area contributed by atoms with Gasteiger partial charge in [-0.3, -0.25) is 19.7 Å². The number of aromatic amines is 1. The molecule has 1 fully saturated rings. The number of hydrogen-bond donors (Lipinski definition) is 1. The second kappa shape index (κ2) is 8.01. The maximum absolute atomic E-state index is 13.0. The molecule has 26 heavy (non-hydrogen) atoms. The van der Waals surface area contributed by atoms with Gasteiger partial charge in [-0.1, -0.05) is 18.2 Å². The Morgan fingerprint density at radius 1 is 1.27 bits per heavy atom. The van der Waals surface area contributed by atoms with Crippen molar-refractivity contribution in [1.29, 1.82) is 0 Å². The van der Waals surface area contributed by atoms with Gasteiger partial charge in [0.2, 0.25) is 0 Å². The van der Waals surface area contributed by atoms with Crippen LogP contribution in [0.1, 0.15) is 18.2 Å². The predicted octanol–water partition coefficient (Wildman–Crippen LogP) is 0.937. The average molecular weight is 358 g/mol. The third-order valence-electron chi connectivity index (χ3n) is 4.17. The number of methoxy groups -OCH3 is 1. The minimum Gasteiger partial charge on any atom is -0.469 e. The van der Waals surface area contributed by atoms with Gasteiger partial charge in [0, 0.05) is 0 Å². The molecular formula is C18H22N4O4. The van der Waals surface area contributed by atoms with Gasteiger partial charge in [0.25, 0.3) is 5.56 Å². The van der Waals surface area contributed by atoms with Crippen LogP contribution < -0.4 is 5.56 Å². The molecule has 0 amide bonds. The van der Waals surface area contributed by atoms with Crippen LogP contribution in [0.4, 0.5) is 0 Å². The number of nitrogens with one attached hydrogen (secondary N) is 1. The number of hydrogen-bond acceptors (Lipinski definition) is 6. The van der Waals surface area contributed by atoms with Gasteiger partial charge in [0.1, 0.15) is 0 Å². The van der Waals surface area contributed by atoms with Crippen LogP contribution in [0.5, 0.6) is 0 Å². The number of esters is 1. The van der Waals surface area contributed by atoms with E-state index in [1.165, 1.54) is 11.8 Å². The number of carbonyl (C=O) groups excluding carboxylic acids is 1. The summed E-state index contributed by atoms with van der Waals surface area (Å²) in [4.78, 5) is 24.8. The summed E-state index contributed by atoms with van der Waals surface area (Å²) in [7, 11) is 1.32. The zero-order valence-electron chi connectivity index (χ0n) is 14.9. The molecule has 1 N–H and O–H groups in total. The molecule has 1 aliphatic heterocycles. The van der Waals surface area contributed by atoms with Gasteiger partial charge in [0.15, 0.2) is 0 Å². The quantitative estimate of drug-likeness (QED) is 0.635. The highest BCUT2D eigenvalue weighted by Gasteiger charge is 2.21. The Hall–Kier alpha value is -2.87. The lowest BCUT2D eigenvalue weighted by atomic mass is 10.1. The number of carbonyl (C=O) groups is 1. The first-order valence-corrected chi connectivity index (χ1v) is 8.44. The number of benzene rings is 1. The van der Waals surface area contributed by atoms with E-state index < -0.39 is 5.97 Å². The van der Waals surface area contributed by atoms with Crippen molar-refractivity contribution < 1.29 is 14.3 Å². The number of H-pyrrole nitrogens is 1. The van der Waals surface area contributed by atoms with E-state index in [1.807, 2.05) is 35.3 Å². The maximum Gasteiger partial charge on any atom is 0.311 e. The lowest BCUT2D eigenvalue weighted by Gasteiger charge is -2.24. The minimum atomic E-state index is -0.424. The van der Waals surface area contributed by atoms with Crippen LogP contribution >= 0.6 is 0 Å². The summed E-state index contributed by atoms with van der Waals surface area (Å²) in [6.45, 7) is 4.32. The molecule has 0 aliphatic carbocycles. The summed E-state index contributed by atoms with van der Waals surface area (Å²) >= 11 is 0. The predicted molar refractivity (Wildman–Crippen MR) is 96.7 cm³/mol. The number of morpholine rings is 1. The summed E-state index contributed by atoms with van der Waals surface area (Å²) in [5, 5.41) is 9.46. The minimum absolute atomic E-state index is 0.0309. The summed E-state index contributed by atoms with van der Waals surface area (Å²) in [6, 6.07) is 9.20. The Labute approximate surface area is 151 Å². The van der Waals surface area contributed by atoms with Crippen molar-refractivity contribution in [2.45, 2.75) is 13.3 Å². The van der Waals surface area contributed by atoms with Crippen LogP contribution in [-0.4, -0.2) is 59.9 Å². The molecule has 0 spiro atoms. The third-order valence-corrected chi connectivity index (χ3v) is 4.17. The van der Waals surface area contributed by atoms with E-state index in [0.717, 1.165) is 0 Å². The van der Waals surface area contributed by atoms with E-state index in [1.54, 1.807) is 6.92 Å². The summed E-state index contributed by atoms with van der Waals surface area (Å²) in [6.07, 6.45) is -0.0309. The molecule has 2 aromatic rings. The molecule has 0 bridgehead atoms. The van der Waals surface area contributed by atoms with Gasteiger partial charge in [-0.15, -0.1) is 0 Å². The van der Waals surface area contributed by atoms with Gasteiger partial charge in [-0.25, -0.2) is 4.68 Å². The highest BCUT2D eigenvalue weighted by Crippen LogP contribution is 2.11. The van der Waals surface area contributed by atoms with Crippen LogP contribution in [0.3, 0.4) is 0 Å². The molecule has 3 rings (SSSR count). The Morgan fingerprint density at radius 3 is 2.62 bits per heavy atom. The van der Waals surface area contributed by atoms with Crippen LogP contribution in [0, 0.1) is 0 Å². The van der Waals surface area contributed by atoms with Crippen molar-refractivity contribution in [3.63, 3.8) is 0 Å². The fourth-order valence-corrected chi connectivity index (χ4v) is 2.87. The lowest BCUT2D eigenvalue weighted by Crippen LogP contribution is -2.33. The SMILES string of the molecule is COC(=O)Cc1[nH]n(-c2ccccc2)c(=O)c1/C(C)=N/N1CCOCC1.